The number of rotatable bonds is 5. The minimum Gasteiger partial charge on any atom is -0.378 e. The van der Waals surface area contributed by atoms with Gasteiger partial charge < -0.3 is 30.5 Å². The van der Waals surface area contributed by atoms with Gasteiger partial charge in [0.25, 0.3) is 0 Å². The summed E-state index contributed by atoms with van der Waals surface area (Å²) >= 11 is 0. The van der Waals surface area contributed by atoms with Crippen molar-refractivity contribution < 1.29 is 35.9 Å². The lowest BCUT2D eigenvalue weighted by molar-refractivity contribution is -0.183. The Bertz CT molecular complexity index is 915. The first-order valence-electron chi connectivity index (χ1n) is 11.6. The maximum absolute atomic E-state index is 14.2. The molecule has 196 valence electrons. The van der Waals surface area contributed by atoms with Crippen LogP contribution in [0.2, 0.25) is 0 Å². The summed E-state index contributed by atoms with van der Waals surface area (Å²) in [6, 6.07) is -0.800. The predicted molar refractivity (Wildman–Crippen MR) is 114 cm³/mol. The molecule has 0 aromatic carbocycles. The molecule has 0 bridgehead atoms. The average Bonchev–Trinajstić information content (AvgIpc) is 3.16. The molecule has 13 heteroatoms. The number of morpholine rings is 1. The first-order chi connectivity index (χ1) is 16.5. The molecule has 3 atom stereocenters. The molecular weight excluding hydrogens is 480 g/mol. The van der Waals surface area contributed by atoms with Crippen LogP contribution in [0.4, 0.5) is 26.3 Å². The van der Waals surface area contributed by atoms with E-state index in [1.165, 1.54) is 9.80 Å². The minimum atomic E-state index is -4.50. The molecule has 7 nitrogen and oxygen atoms in total. The molecule has 2 fully saturated rings. The SMILES string of the molecule is NC(CC(=O)N1CCN2C(=C(N3CCOCC3)NC2C(F)(F)F)C1)CC1=C(F)C=C(F)C(F)CC1. The summed E-state index contributed by atoms with van der Waals surface area (Å²) in [6.07, 6.45) is -8.17. The Morgan fingerprint density at radius 1 is 1.20 bits per heavy atom. The molecule has 1 aliphatic carbocycles. The first-order valence-corrected chi connectivity index (χ1v) is 11.6. The Kier molecular flexibility index (Phi) is 7.55. The lowest BCUT2D eigenvalue weighted by atomic mass is 9.99. The molecule has 3 N–H and O–H groups in total. The van der Waals surface area contributed by atoms with E-state index in [9.17, 15) is 31.1 Å². The highest BCUT2D eigenvalue weighted by atomic mass is 19.4. The fourth-order valence-corrected chi connectivity index (χ4v) is 4.85. The highest BCUT2D eigenvalue weighted by Gasteiger charge is 2.51. The van der Waals surface area contributed by atoms with E-state index in [0.29, 0.717) is 43.9 Å². The van der Waals surface area contributed by atoms with Crippen molar-refractivity contribution in [1.29, 1.82) is 0 Å². The summed E-state index contributed by atoms with van der Waals surface area (Å²) in [7, 11) is 0. The van der Waals surface area contributed by atoms with E-state index in [1.807, 2.05) is 0 Å². The Labute approximate surface area is 199 Å². The van der Waals surface area contributed by atoms with Crippen LogP contribution in [0, 0.1) is 0 Å². The van der Waals surface area contributed by atoms with Crippen LogP contribution >= 0.6 is 0 Å². The number of carbonyl (C=O) groups excluding carboxylic acids is 1. The number of hydrogen-bond acceptors (Lipinski definition) is 6. The maximum atomic E-state index is 14.2. The lowest BCUT2D eigenvalue weighted by Crippen LogP contribution is -2.55. The van der Waals surface area contributed by atoms with Gasteiger partial charge >= 0.3 is 6.18 Å². The van der Waals surface area contributed by atoms with Gasteiger partial charge in [-0.15, -0.1) is 0 Å². The van der Waals surface area contributed by atoms with Crippen LogP contribution in [-0.4, -0.2) is 91.1 Å². The second-order valence-corrected chi connectivity index (χ2v) is 9.15. The molecule has 4 aliphatic rings. The van der Waals surface area contributed by atoms with Crippen molar-refractivity contribution in [1.82, 2.24) is 20.0 Å². The van der Waals surface area contributed by atoms with Crippen LogP contribution in [0.25, 0.3) is 0 Å². The second-order valence-electron chi connectivity index (χ2n) is 9.15. The van der Waals surface area contributed by atoms with Crippen molar-refractivity contribution >= 4 is 5.91 Å². The topological polar surface area (TPSA) is 74.1 Å². The number of carbonyl (C=O) groups is 1. The third-order valence-electron chi connectivity index (χ3n) is 6.69. The fourth-order valence-electron chi connectivity index (χ4n) is 4.85. The van der Waals surface area contributed by atoms with Crippen molar-refractivity contribution in [3.63, 3.8) is 0 Å². The van der Waals surface area contributed by atoms with Gasteiger partial charge in [0.2, 0.25) is 5.91 Å². The van der Waals surface area contributed by atoms with Crippen LogP contribution in [0.1, 0.15) is 25.7 Å². The van der Waals surface area contributed by atoms with Crippen molar-refractivity contribution in [3.05, 3.63) is 34.8 Å². The van der Waals surface area contributed by atoms with Crippen LogP contribution in [0.3, 0.4) is 0 Å². The van der Waals surface area contributed by atoms with E-state index < -0.39 is 36.2 Å². The number of nitrogens with zero attached hydrogens (tertiary/aromatic N) is 3. The number of fused-ring (bicyclic) bond motifs is 1. The van der Waals surface area contributed by atoms with Crippen molar-refractivity contribution in [2.45, 2.75) is 50.2 Å². The van der Waals surface area contributed by atoms with E-state index in [1.54, 1.807) is 4.90 Å². The Morgan fingerprint density at radius 2 is 1.91 bits per heavy atom. The Balaban J connectivity index is 1.43. The number of amides is 1. The van der Waals surface area contributed by atoms with E-state index in [4.69, 9.17) is 10.5 Å². The highest BCUT2D eigenvalue weighted by Crippen LogP contribution is 2.35. The lowest BCUT2D eigenvalue weighted by Gasteiger charge is -2.38. The largest absolute Gasteiger partial charge is 0.427 e. The Morgan fingerprint density at radius 3 is 2.60 bits per heavy atom. The van der Waals surface area contributed by atoms with Crippen LogP contribution in [-0.2, 0) is 9.53 Å². The van der Waals surface area contributed by atoms with E-state index in [0.717, 1.165) is 0 Å². The summed E-state index contributed by atoms with van der Waals surface area (Å²) in [5.74, 6) is -2.08. The van der Waals surface area contributed by atoms with Crippen LogP contribution < -0.4 is 11.1 Å². The number of allylic oxidation sites excluding steroid dienone is 3. The molecule has 3 aliphatic heterocycles. The second kappa shape index (κ2) is 10.3. The molecule has 0 spiro atoms. The van der Waals surface area contributed by atoms with Gasteiger partial charge in [-0.1, -0.05) is 0 Å². The fraction of sp³-hybridized carbons (Fsp3) is 0.682. The van der Waals surface area contributed by atoms with Crippen molar-refractivity contribution in [2.75, 3.05) is 45.9 Å². The molecule has 0 saturated carbocycles. The normalized spacial score (nSPS) is 26.9. The van der Waals surface area contributed by atoms with Crippen molar-refractivity contribution in [2.24, 2.45) is 5.73 Å². The van der Waals surface area contributed by atoms with Gasteiger partial charge in [-0.3, -0.25) is 4.79 Å². The summed E-state index contributed by atoms with van der Waals surface area (Å²) in [4.78, 5) is 17.4. The number of nitrogens with one attached hydrogen (secondary N) is 1. The molecular formula is C22H29F6N5O2. The van der Waals surface area contributed by atoms with Gasteiger partial charge in [-0.05, 0) is 24.8 Å². The van der Waals surface area contributed by atoms with Gasteiger partial charge in [-0.25, -0.2) is 13.2 Å². The molecule has 3 unspecified atom stereocenters. The molecule has 1 amide bonds. The van der Waals surface area contributed by atoms with E-state index in [-0.39, 0.29) is 56.8 Å². The number of alkyl halides is 4. The van der Waals surface area contributed by atoms with Gasteiger partial charge in [0.15, 0.2) is 12.3 Å². The van der Waals surface area contributed by atoms with Gasteiger partial charge in [-0.2, -0.15) is 13.2 Å². The Hall–Kier alpha value is -2.41. The van der Waals surface area contributed by atoms with E-state index >= 15 is 0 Å². The van der Waals surface area contributed by atoms with Gasteiger partial charge in [0.1, 0.15) is 17.5 Å². The summed E-state index contributed by atoms with van der Waals surface area (Å²) in [5.41, 5.74) is 6.60. The van der Waals surface area contributed by atoms with Crippen molar-refractivity contribution in [3.8, 4) is 0 Å². The zero-order chi connectivity index (χ0) is 25.3. The molecule has 0 aromatic rings. The zero-order valence-electron chi connectivity index (χ0n) is 19.1. The quantitative estimate of drug-likeness (QED) is 0.555. The molecule has 4 rings (SSSR count). The molecule has 35 heavy (non-hydrogen) atoms. The number of hydrogen-bond donors (Lipinski definition) is 2. The number of piperazine rings is 1. The molecule has 0 radical (unpaired) electrons. The smallest absolute Gasteiger partial charge is 0.378 e. The summed E-state index contributed by atoms with van der Waals surface area (Å²) in [5, 5.41) is 2.59. The molecule has 2 saturated heterocycles. The minimum absolute atomic E-state index is 0.0108. The average molecular weight is 509 g/mol. The number of ether oxygens (including phenoxy) is 1. The molecule has 3 heterocycles. The van der Waals surface area contributed by atoms with Gasteiger partial charge in [0.05, 0.1) is 25.5 Å². The monoisotopic (exact) mass is 509 g/mol. The zero-order valence-corrected chi connectivity index (χ0v) is 19.1. The highest BCUT2D eigenvalue weighted by molar-refractivity contribution is 5.77. The number of halogens is 6. The third kappa shape index (κ3) is 5.71. The van der Waals surface area contributed by atoms with E-state index in [2.05, 4.69) is 5.32 Å². The predicted octanol–water partition coefficient (Wildman–Crippen LogP) is 2.44. The van der Waals surface area contributed by atoms with Gasteiger partial charge in [0, 0.05) is 44.7 Å². The van der Waals surface area contributed by atoms with Crippen LogP contribution in [0.15, 0.2) is 34.8 Å². The maximum Gasteiger partial charge on any atom is 0.427 e. The standard InChI is InChI=1S/C22H29F6N5O2/c23-15-2-1-13(16(24)11-17(15)25)9-14(29)10-19(34)32-3-4-33-18(12-32)20(30-21(33)22(26,27)28)31-5-7-35-8-6-31/h11,14-15,21,30H,1-10,12,29H2. The molecule has 0 aromatic heterocycles. The van der Waals surface area contributed by atoms with Crippen LogP contribution in [0.5, 0.6) is 0 Å². The third-order valence-corrected chi connectivity index (χ3v) is 6.69. The summed E-state index contributed by atoms with van der Waals surface area (Å²) in [6.45, 7) is 1.68. The first kappa shape index (κ1) is 25.7. The number of nitrogens with two attached hydrogens (primary N) is 1. The summed E-state index contributed by atoms with van der Waals surface area (Å²) < 4.78 is 87.5.